The molecular formula is C14H22N4O. The molecule has 19 heavy (non-hydrogen) atoms. The predicted molar refractivity (Wildman–Crippen MR) is 78.8 cm³/mol. The number of hydrogen-bond acceptors (Lipinski definition) is 4. The first-order valence-corrected chi connectivity index (χ1v) is 6.74. The molecule has 0 spiro atoms. The van der Waals surface area contributed by atoms with Gasteiger partial charge in [0.25, 0.3) is 5.91 Å². The summed E-state index contributed by atoms with van der Waals surface area (Å²) in [6.45, 7) is 7.19. The summed E-state index contributed by atoms with van der Waals surface area (Å²) < 4.78 is 0. The molecule has 1 aliphatic heterocycles. The molecule has 1 aromatic rings. The highest BCUT2D eigenvalue weighted by molar-refractivity contribution is 5.99. The number of amides is 1. The van der Waals surface area contributed by atoms with Crippen LogP contribution in [-0.2, 0) is 0 Å². The van der Waals surface area contributed by atoms with Crippen molar-refractivity contribution < 1.29 is 4.79 Å². The lowest BCUT2D eigenvalue weighted by molar-refractivity contribution is 0.100. The quantitative estimate of drug-likeness (QED) is 0.849. The molecule has 0 aliphatic carbocycles. The van der Waals surface area contributed by atoms with Crippen LogP contribution < -0.4 is 16.0 Å². The van der Waals surface area contributed by atoms with Crippen molar-refractivity contribution in [3.05, 3.63) is 23.8 Å². The molecule has 0 saturated carbocycles. The number of nitrogens with zero attached hydrogens (tertiary/aromatic N) is 2. The van der Waals surface area contributed by atoms with Crippen LogP contribution in [0.3, 0.4) is 0 Å². The van der Waals surface area contributed by atoms with Crippen LogP contribution in [0, 0.1) is 0 Å². The van der Waals surface area contributed by atoms with Crippen LogP contribution in [0.4, 0.5) is 11.4 Å². The molecule has 1 aliphatic rings. The summed E-state index contributed by atoms with van der Waals surface area (Å²) in [6, 6.07) is 5.78. The van der Waals surface area contributed by atoms with E-state index in [1.54, 1.807) is 0 Å². The lowest BCUT2D eigenvalue weighted by atomic mass is 10.1. The third-order valence-electron chi connectivity index (χ3n) is 3.71. The Kier molecular flexibility index (Phi) is 4.27. The summed E-state index contributed by atoms with van der Waals surface area (Å²) >= 11 is 0. The first kappa shape index (κ1) is 13.7. The topological polar surface area (TPSA) is 61.6 Å². The fraction of sp³-hybridized carbons (Fsp3) is 0.500. The molecule has 0 radical (unpaired) electrons. The predicted octanol–water partition coefficient (Wildman–Crippen LogP) is 0.969. The van der Waals surface area contributed by atoms with E-state index in [0.717, 1.165) is 44.1 Å². The highest BCUT2D eigenvalue weighted by Gasteiger charge is 2.20. The smallest absolute Gasteiger partial charge is 0.250 e. The molecule has 1 heterocycles. The maximum atomic E-state index is 11.6. The summed E-state index contributed by atoms with van der Waals surface area (Å²) in [7, 11) is 1.83. The van der Waals surface area contributed by atoms with Crippen LogP contribution in [0.25, 0.3) is 0 Å². The van der Waals surface area contributed by atoms with E-state index in [0.29, 0.717) is 5.56 Å². The monoisotopic (exact) mass is 262 g/mol. The number of anilines is 2. The Morgan fingerprint density at radius 1 is 1.32 bits per heavy atom. The van der Waals surface area contributed by atoms with Crippen molar-refractivity contribution in [2.45, 2.75) is 6.92 Å². The van der Waals surface area contributed by atoms with Crippen LogP contribution in [-0.4, -0.2) is 50.6 Å². The average Bonchev–Trinajstić information content (AvgIpc) is 2.46. The van der Waals surface area contributed by atoms with Crippen molar-refractivity contribution in [2.24, 2.45) is 5.73 Å². The number of primary amides is 1. The van der Waals surface area contributed by atoms with Crippen molar-refractivity contribution in [1.29, 1.82) is 0 Å². The molecular weight excluding hydrogens is 240 g/mol. The van der Waals surface area contributed by atoms with Gasteiger partial charge in [0.05, 0.1) is 5.56 Å². The van der Waals surface area contributed by atoms with Crippen LogP contribution in [0.2, 0.25) is 0 Å². The maximum Gasteiger partial charge on any atom is 0.250 e. The van der Waals surface area contributed by atoms with E-state index in [1.165, 1.54) is 0 Å². The number of nitrogens with one attached hydrogen (secondary N) is 1. The van der Waals surface area contributed by atoms with E-state index in [4.69, 9.17) is 5.73 Å². The van der Waals surface area contributed by atoms with Gasteiger partial charge in [-0.1, -0.05) is 6.92 Å². The number of piperazine rings is 1. The van der Waals surface area contributed by atoms with E-state index in [2.05, 4.69) is 22.0 Å². The number of carbonyl (C=O) groups excluding carboxylic acids is 1. The van der Waals surface area contributed by atoms with E-state index in [1.807, 2.05) is 25.2 Å². The number of carbonyl (C=O) groups is 1. The Labute approximate surface area is 114 Å². The van der Waals surface area contributed by atoms with Gasteiger partial charge in [0.15, 0.2) is 0 Å². The highest BCUT2D eigenvalue weighted by Crippen LogP contribution is 2.25. The van der Waals surface area contributed by atoms with E-state index in [9.17, 15) is 4.79 Å². The zero-order valence-corrected chi connectivity index (χ0v) is 11.6. The second-order valence-electron chi connectivity index (χ2n) is 4.77. The Morgan fingerprint density at radius 2 is 2.00 bits per heavy atom. The number of benzene rings is 1. The second-order valence-corrected chi connectivity index (χ2v) is 4.77. The maximum absolute atomic E-state index is 11.6. The molecule has 104 valence electrons. The third kappa shape index (κ3) is 2.98. The molecule has 1 aromatic carbocycles. The Hall–Kier alpha value is -1.75. The highest BCUT2D eigenvalue weighted by atomic mass is 16.1. The normalized spacial score (nSPS) is 16.4. The lowest BCUT2D eigenvalue weighted by Gasteiger charge is -2.36. The summed E-state index contributed by atoms with van der Waals surface area (Å²) in [5.41, 5.74) is 7.94. The molecule has 5 nitrogen and oxygen atoms in total. The summed E-state index contributed by atoms with van der Waals surface area (Å²) in [5.74, 6) is -0.370. The van der Waals surface area contributed by atoms with Gasteiger partial charge in [-0.3, -0.25) is 4.79 Å². The van der Waals surface area contributed by atoms with Gasteiger partial charge in [-0.25, -0.2) is 0 Å². The van der Waals surface area contributed by atoms with Crippen molar-refractivity contribution in [1.82, 2.24) is 4.90 Å². The van der Waals surface area contributed by atoms with Gasteiger partial charge in [0.2, 0.25) is 0 Å². The van der Waals surface area contributed by atoms with Crippen molar-refractivity contribution >= 4 is 17.3 Å². The Morgan fingerprint density at radius 3 is 2.53 bits per heavy atom. The molecule has 1 amide bonds. The van der Waals surface area contributed by atoms with E-state index in [-0.39, 0.29) is 5.91 Å². The molecule has 0 unspecified atom stereocenters. The van der Waals surface area contributed by atoms with Gasteiger partial charge in [0.1, 0.15) is 0 Å². The number of rotatable bonds is 4. The largest absolute Gasteiger partial charge is 0.388 e. The molecule has 3 N–H and O–H groups in total. The van der Waals surface area contributed by atoms with Gasteiger partial charge in [-0.2, -0.15) is 0 Å². The standard InChI is InChI=1S/C14H22N4O/c1-3-17-6-8-18(9-7-17)13-5-4-11(16-2)10-12(13)14(15)19/h4-5,10,16H,3,6-9H2,1-2H3,(H2,15,19). The van der Waals surface area contributed by atoms with E-state index >= 15 is 0 Å². The molecule has 5 heteroatoms. The number of likely N-dealkylation sites (N-methyl/N-ethyl adjacent to an activating group) is 1. The van der Waals surface area contributed by atoms with Crippen LogP contribution >= 0.6 is 0 Å². The van der Waals surface area contributed by atoms with Crippen molar-refractivity contribution in [3.63, 3.8) is 0 Å². The van der Waals surface area contributed by atoms with Crippen LogP contribution in [0.15, 0.2) is 18.2 Å². The zero-order valence-electron chi connectivity index (χ0n) is 11.6. The number of hydrogen-bond donors (Lipinski definition) is 2. The van der Waals surface area contributed by atoms with Gasteiger partial charge in [-0.15, -0.1) is 0 Å². The molecule has 0 atom stereocenters. The van der Waals surface area contributed by atoms with Gasteiger partial charge < -0.3 is 20.9 Å². The van der Waals surface area contributed by atoms with Crippen molar-refractivity contribution in [2.75, 3.05) is 50.0 Å². The number of nitrogens with two attached hydrogens (primary N) is 1. The average molecular weight is 262 g/mol. The molecule has 1 fully saturated rings. The van der Waals surface area contributed by atoms with E-state index < -0.39 is 0 Å². The van der Waals surface area contributed by atoms with Gasteiger partial charge >= 0.3 is 0 Å². The zero-order chi connectivity index (χ0) is 13.8. The first-order valence-electron chi connectivity index (χ1n) is 6.74. The summed E-state index contributed by atoms with van der Waals surface area (Å²) in [4.78, 5) is 16.3. The molecule has 2 rings (SSSR count). The minimum Gasteiger partial charge on any atom is -0.388 e. The Balaban J connectivity index is 2.22. The SMILES string of the molecule is CCN1CCN(c2ccc(NC)cc2C(N)=O)CC1. The third-order valence-corrected chi connectivity index (χ3v) is 3.71. The second kappa shape index (κ2) is 5.93. The lowest BCUT2D eigenvalue weighted by Crippen LogP contribution is -2.46. The molecule has 0 aromatic heterocycles. The minimum atomic E-state index is -0.370. The summed E-state index contributed by atoms with van der Waals surface area (Å²) in [6.07, 6.45) is 0. The van der Waals surface area contributed by atoms with Crippen LogP contribution in [0.5, 0.6) is 0 Å². The minimum absolute atomic E-state index is 0.370. The van der Waals surface area contributed by atoms with Gasteiger partial charge in [0, 0.05) is 44.6 Å². The molecule has 1 saturated heterocycles. The molecule has 0 bridgehead atoms. The van der Waals surface area contributed by atoms with Gasteiger partial charge in [-0.05, 0) is 24.7 Å². The fourth-order valence-corrected chi connectivity index (χ4v) is 2.47. The fourth-order valence-electron chi connectivity index (χ4n) is 2.47. The Bertz CT molecular complexity index is 453. The summed E-state index contributed by atoms with van der Waals surface area (Å²) in [5, 5.41) is 3.03. The first-order chi connectivity index (χ1) is 9.15. The van der Waals surface area contributed by atoms with Crippen molar-refractivity contribution in [3.8, 4) is 0 Å². The van der Waals surface area contributed by atoms with Crippen LogP contribution in [0.1, 0.15) is 17.3 Å².